The minimum atomic E-state index is -0.420. The number of aldehydes is 1. The third kappa shape index (κ3) is 4.13. The van der Waals surface area contributed by atoms with Gasteiger partial charge in [-0.25, -0.2) is 4.79 Å². The zero-order valence-corrected chi connectivity index (χ0v) is 6.53. The highest BCUT2D eigenvalue weighted by Crippen LogP contribution is 1.84. The van der Waals surface area contributed by atoms with E-state index in [4.69, 9.17) is 0 Å². The van der Waals surface area contributed by atoms with Gasteiger partial charge in [0.05, 0.1) is 7.11 Å². The summed E-state index contributed by atoms with van der Waals surface area (Å²) in [5, 5.41) is 2.65. The Labute approximate surface area is 65.2 Å². The van der Waals surface area contributed by atoms with Crippen LogP contribution in [0.2, 0.25) is 0 Å². The Balaban J connectivity index is 3.68. The molecule has 0 aliphatic heterocycles. The lowest BCUT2D eigenvalue weighted by Crippen LogP contribution is -2.30. The maximum absolute atomic E-state index is 10.7. The summed E-state index contributed by atoms with van der Waals surface area (Å²) in [7, 11) is 1.31. The van der Waals surface area contributed by atoms with Crippen molar-refractivity contribution in [1.82, 2.24) is 5.32 Å². The fourth-order valence-corrected chi connectivity index (χ4v) is 0.484. The van der Waals surface area contributed by atoms with E-state index in [-0.39, 0.29) is 5.97 Å². The van der Waals surface area contributed by atoms with Crippen LogP contribution < -0.4 is 5.32 Å². The summed E-state index contributed by atoms with van der Waals surface area (Å²) < 4.78 is 4.42. The van der Waals surface area contributed by atoms with Crippen molar-refractivity contribution in [3.63, 3.8) is 0 Å². The second kappa shape index (κ2) is 5.46. The fourth-order valence-electron chi connectivity index (χ4n) is 0.484. The number of esters is 1. The first kappa shape index (κ1) is 9.68. The third-order valence-electron chi connectivity index (χ3n) is 1.08. The first-order valence-electron chi connectivity index (χ1n) is 3.16. The van der Waals surface area contributed by atoms with Gasteiger partial charge >= 0.3 is 5.97 Å². The Bertz CT molecular complexity index is 165. The monoisotopic (exact) mass is 157 g/mol. The minimum absolute atomic E-state index is 0.361. The van der Waals surface area contributed by atoms with Crippen molar-refractivity contribution in [3.05, 3.63) is 12.3 Å². The van der Waals surface area contributed by atoms with E-state index < -0.39 is 6.04 Å². The predicted molar refractivity (Wildman–Crippen MR) is 39.8 cm³/mol. The number of carbonyl (C=O) groups is 2. The van der Waals surface area contributed by atoms with E-state index in [1.54, 1.807) is 6.92 Å². The van der Waals surface area contributed by atoms with Crippen molar-refractivity contribution in [1.29, 1.82) is 0 Å². The molecule has 0 rings (SSSR count). The molecule has 0 aromatic heterocycles. The number of carbonyl (C=O) groups excluding carboxylic acids is 2. The summed E-state index contributed by atoms with van der Waals surface area (Å²) in [4.78, 5) is 20.5. The van der Waals surface area contributed by atoms with Crippen molar-refractivity contribution in [3.8, 4) is 0 Å². The number of hydrogen-bond acceptors (Lipinski definition) is 4. The predicted octanol–water partition coefficient (Wildman–Crippen LogP) is -0.150. The van der Waals surface area contributed by atoms with Crippen molar-refractivity contribution >= 4 is 12.3 Å². The molecule has 0 aromatic carbocycles. The van der Waals surface area contributed by atoms with Gasteiger partial charge < -0.3 is 10.1 Å². The Kier molecular flexibility index (Phi) is 4.81. The molecule has 0 spiro atoms. The smallest absolute Gasteiger partial charge is 0.327 e. The standard InChI is InChI=1S/C7H11NO3/c1-6(7(10)11-2)8-4-3-5-9/h3-6,8H,1-2H3/b4-3+. The molecule has 0 saturated heterocycles. The lowest BCUT2D eigenvalue weighted by molar-refractivity contribution is -0.142. The van der Waals surface area contributed by atoms with Crippen LogP contribution in [0.5, 0.6) is 0 Å². The molecule has 4 heteroatoms. The molecule has 0 saturated carbocycles. The van der Waals surface area contributed by atoms with E-state index >= 15 is 0 Å². The second-order valence-corrected chi connectivity index (χ2v) is 1.91. The van der Waals surface area contributed by atoms with Crippen LogP contribution in [-0.2, 0) is 14.3 Å². The molecule has 0 aliphatic rings. The van der Waals surface area contributed by atoms with E-state index in [1.807, 2.05) is 0 Å². The van der Waals surface area contributed by atoms with Gasteiger partial charge in [-0.1, -0.05) is 0 Å². The summed E-state index contributed by atoms with van der Waals surface area (Å²) in [6, 6.07) is -0.420. The van der Waals surface area contributed by atoms with Gasteiger partial charge in [0.25, 0.3) is 0 Å². The molecule has 1 unspecified atom stereocenters. The summed E-state index contributed by atoms with van der Waals surface area (Å²) in [6.07, 6.45) is 3.28. The maximum Gasteiger partial charge on any atom is 0.327 e. The molecular formula is C7H11NO3. The van der Waals surface area contributed by atoms with Gasteiger partial charge in [-0.05, 0) is 13.0 Å². The van der Waals surface area contributed by atoms with E-state index in [1.165, 1.54) is 19.4 Å². The quantitative estimate of drug-likeness (QED) is 0.350. The Morgan fingerprint density at radius 1 is 1.64 bits per heavy atom. The highest BCUT2D eigenvalue weighted by Gasteiger charge is 2.08. The van der Waals surface area contributed by atoms with E-state index in [9.17, 15) is 9.59 Å². The summed E-state index contributed by atoms with van der Waals surface area (Å²) >= 11 is 0. The molecule has 0 bridgehead atoms. The van der Waals surface area contributed by atoms with Gasteiger partial charge in [-0.2, -0.15) is 0 Å². The van der Waals surface area contributed by atoms with Crippen molar-refractivity contribution in [2.45, 2.75) is 13.0 Å². The van der Waals surface area contributed by atoms with Crippen LogP contribution in [0.4, 0.5) is 0 Å². The van der Waals surface area contributed by atoms with Gasteiger partial charge in [0, 0.05) is 6.20 Å². The summed E-state index contributed by atoms with van der Waals surface area (Å²) in [5.41, 5.74) is 0. The van der Waals surface area contributed by atoms with Crippen LogP contribution in [0.3, 0.4) is 0 Å². The third-order valence-corrected chi connectivity index (χ3v) is 1.08. The highest BCUT2D eigenvalue weighted by atomic mass is 16.5. The summed E-state index contributed by atoms with van der Waals surface area (Å²) in [6.45, 7) is 1.64. The van der Waals surface area contributed by atoms with Crippen LogP contribution in [0.15, 0.2) is 12.3 Å². The molecule has 0 aliphatic carbocycles. The summed E-state index contributed by atoms with van der Waals surface area (Å²) in [5.74, 6) is -0.361. The van der Waals surface area contributed by atoms with Crippen molar-refractivity contribution < 1.29 is 14.3 Å². The van der Waals surface area contributed by atoms with Crippen LogP contribution in [-0.4, -0.2) is 25.4 Å². The normalized spacial score (nSPS) is 12.5. The molecule has 11 heavy (non-hydrogen) atoms. The molecule has 4 nitrogen and oxygen atoms in total. The Hall–Kier alpha value is -1.32. The second-order valence-electron chi connectivity index (χ2n) is 1.91. The topological polar surface area (TPSA) is 55.4 Å². The number of allylic oxidation sites excluding steroid dienone is 1. The molecule has 0 heterocycles. The number of hydrogen-bond donors (Lipinski definition) is 1. The van der Waals surface area contributed by atoms with Crippen LogP contribution in [0.1, 0.15) is 6.92 Å². The van der Waals surface area contributed by atoms with Gasteiger partial charge in [0.1, 0.15) is 12.3 Å². The van der Waals surface area contributed by atoms with Gasteiger partial charge in [-0.15, -0.1) is 0 Å². The molecule has 0 aromatic rings. The van der Waals surface area contributed by atoms with E-state index in [2.05, 4.69) is 10.1 Å². The Morgan fingerprint density at radius 3 is 2.73 bits per heavy atom. The fraction of sp³-hybridized carbons (Fsp3) is 0.429. The average molecular weight is 157 g/mol. The van der Waals surface area contributed by atoms with Gasteiger partial charge in [-0.3, -0.25) is 4.79 Å². The zero-order chi connectivity index (χ0) is 8.69. The lowest BCUT2D eigenvalue weighted by Gasteiger charge is -2.07. The van der Waals surface area contributed by atoms with E-state index in [0.717, 1.165) is 0 Å². The number of ether oxygens (including phenoxy) is 1. The number of nitrogens with one attached hydrogen (secondary N) is 1. The molecular weight excluding hydrogens is 146 g/mol. The van der Waals surface area contributed by atoms with Crippen LogP contribution >= 0.6 is 0 Å². The number of rotatable bonds is 4. The lowest BCUT2D eigenvalue weighted by atomic mass is 10.3. The van der Waals surface area contributed by atoms with E-state index in [0.29, 0.717) is 6.29 Å². The first-order chi connectivity index (χ1) is 5.22. The number of methoxy groups -OCH3 is 1. The molecule has 0 radical (unpaired) electrons. The highest BCUT2D eigenvalue weighted by molar-refractivity contribution is 5.75. The van der Waals surface area contributed by atoms with Crippen molar-refractivity contribution in [2.24, 2.45) is 0 Å². The molecule has 1 N–H and O–H groups in total. The molecule has 1 atom stereocenters. The van der Waals surface area contributed by atoms with Crippen molar-refractivity contribution in [2.75, 3.05) is 7.11 Å². The van der Waals surface area contributed by atoms with Gasteiger partial charge in [0.2, 0.25) is 0 Å². The molecule has 62 valence electrons. The average Bonchev–Trinajstić information content (AvgIpc) is 2.03. The molecule has 0 amide bonds. The zero-order valence-electron chi connectivity index (χ0n) is 6.53. The first-order valence-corrected chi connectivity index (χ1v) is 3.16. The SMILES string of the molecule is COC(=O)C(C)N/C=C/C=O. The van der Waals surface area contributed by atoms with Crippen LogP contribution in [0, 0.1) is 0 Å². The maximum atomic E-state index is 10.7. The Morgan fingerprint density at radius 2 is 2.27 bits per heavy atom. The largest absolute Gasteiger partial charge is 0.467 e. The van der Waals surface area contributed by atoms with Gasteiger partial charge in [0.15, 0.2) is 0 Å². The molecule has 0 fully saturated rings. The van der Waals surface area contributed by atoms with Crippen LogP contribution in [0.25, 0.3) is 0 Å². The minimum Gasteiger partial charge on any atom is -0.467 e.